The number of carbonyl (C=O) groups is 2. The summed E-state index contributed by atoms with van der Waals surface area (Å²) in [5.74, 6) is 0.485. The van der Waals surface area contributed by atoms with E-state index in [2.05, 4.69) is 12.2 Å². The summed E-state index contributed by atoms with van der Waals surface area (Å²) in [6.45, 7) is 2.74. The number of nitrogens with one attached hydrogen (secondary N) is 1. The van der Waals surface area contributed by atoms with Gasteiger partial charge in [0.1, 0.15) is 5.82 Å². The Morgan fingerprint density at radius 2 is 1.79 bits per heavy atom. The van der Waals surface area contributed by atoms with Crippen molar-refractivity contribution in [1.82, 2.24) is 14.7 Å². The molecule has 0 unspecified atom stereocenters. The number of halogens is 1. The van der Waals surface area contributed by atoms with Crippen LogP contribution in [0.15, 0.2) is 60.7 Å². The third-order valence-electron chi connectivity index (χ3n) is 6.25. The van der Waals surface area contributed by atoms with Gasteiger partial charge in [0.2, 0.25) is 11.8 Å². The van der Waals surface area contributed by atoms with E-state index in [0.717, 1.165) is 55.5 Å². The van der Waals surface area contributed by atoms with E-state index in [4.69, 9.17) is 16.7 Å². The Kier molecular flexibility index (Phi) is 8.01. The van der Waals surface area contributed by atoms with Crippen molar-refractivity contribution in [2.75, 3.05) is 18.4 Å². The van der Waals surface area contributed by atoms with Crippen LogP contribution in [0.3, 0.4) is 0 Å². The van der Waals surface area contributed by atoms with Crippen LogP contribution in [0.5, 0.6) is 0 Å². The third-order valence-corrected chi connectivity index (χ3v) is 6.50. The van der Waals surface area contributed by atoms with Crippen molar-refractivity contribution >= 4 is 29.2 Å². The summed E-state index contributed by atoms with van der Waals surface area (Å²) in [7, 11) is 0. The van der Waals surface area contributed by atoms with E-state index in [-0.39, 0.29) is 24.3 Å². The van der Waals surface area contributed by atoms with Crippen molar-refractivity contribution in [1.29, 1.82) is 0 Å². The molecule has 2 aromatic carbocycles. The Bertz CT molecular complexity index is 1110. The van der Waals surface area contributed by atoms with Gasteiger partial charge in [-0.1, -0.05) is 68.1 Å². The Labute approximate surface area is 205 Å². The van der Waals surface area contributed by atoms with Crippen molar-refractivity contribution in [3.8, 4) is 16.9 Å². The van der Waals surface area contributed by atoms with E-state index in [1.54, 1.807) is 21.7 Å². The van der Waals surface area contributed by atoms with Gasteiger partial charge in [0.15, 0.2) is 0 Å². The van der Waals surface area contributed by atoms with Crippen LogP contribution in [0.25, 0.3) is 16.9 Å². The zero-order valence-electron chi connectivity index (χ0n) is 19.5. The average Bonchev–Trinajstić information content (AvgIpc) is 3.53. The summed E-state index contributed by atoms with van der Waals surface area (Å²) in [6, 6.07) is 19.0. The molecule has 1 aliphatic carbocycles. The normalized spacial score (nSPS) is 13.7. The first-order valence-electron chi connectivity index (χ1n) is 12.0. The molecule has 0 saturated heterocycles. The van der Waals surface area contributed by atoms with Gasteiger partial charge in [-0.05, 0) is 43.5 Å². The number of aromatic nitrogens is 2. The summed E-state index contributed by atoms with van der Waals surface area (Å²) in [4.78, 5) is 27.9. The van der Waals surface area contributed by atoms with E-state index in [9.17, 15) is 9.59 Å². The molecule has 1 aromatic heterocycles. The van der Waals surface area contributed by atoms with Gasteiger partial charge in [-0.3, -0.25) is 9.59 Å². The molecule has 34 heavy (non-hydrogen) atoms. The van der Waals surface area contributed by atoms with Gasteiger partial charge in [-0.2, -0.15) is 5.10 Å². The lowest BCUT2D eigenvalue weighted by Gasteiger charge is -2.25. The number of rotatable bonds is 9. The number of nitrogens with zero attached hydrogens (tertiary/aromatic N) is 3. The highest BCUT2D eigenvalue weighted by Gasteiger charge is 2.28. The van der Waals surface area contributed by atoms with E-state index < -0.39 is 0 Å². The highest BCUT2D eigenvalue weighted by atomic mass is 35.5. The zero-order chi connectivity index (χ0) is 23.9. The highest BCUT2D eigenvalue weighted by Crippen LogP contribution is 2.28. The van der Waals surface area contributed by atoms with Gasteiger partial charge in [-0.15, -0.1) is 0 Å². The summed E-state index contributed by atoms with van der Waals surface area (Å²) >= 11 is 6.07. The second-order valence-electron chi connectivity index (χ2n) is 8.81. The molecule has 4 rings (SSSR count). The predicted molar refractivity (Wildman–Crippen MR) is 136 cm³/mol. The number of anilines is 1. The molecule has 2 amide bonds. The molecular formula is C27H31ClN4O2. The van der Waals surface area contributed by atoms with E-state index >= 15 is 0 Å². The minimum Gasteiger partial charge on any atom is -0.333 e. The lowest BCUT2D eigenvalue weighted by Crippen LogP contribution is -2.41. The van der Waals surface area contributed by atoms with Crippen LogP contribution >= 0.6 is 11.6 Å². The maximum atomic E-state index is 13.1. The van der Waals surface area contributed by atoms with Gasteiger partial charge in [0.25, 0.3) is 0 Å². The lowest BCUT2D eigenvalue weighted by atomic mass is 10.1. The van der Waals surface area contributed by atoms with E-state index in [1.807, 2.05) is 48.5 Å². The molecule has 1 N–H and O–H groups in total. The number of hydrogen-bond donors (Lipinski definition) is 1. The summed E-state index contributed by atoms with van der Waals surface area (Å²) in [6.07, 6.45) is 5.88. The fourth-order valence-corrected chi connectivity index (χ4v) is 4.53. The summed E-state index contributed by atoms with van der Waals surface area (Å²) in [5.41, 5.74) is 2.48. The van der Waals surface area contributed by atoms with Crippen LogP contribution in [0.1, 0.15) is 45.4 Å². The van der Waals surface area contributed by atoms with Crippen LogP contribution in [0, 0.1) is 5.92 Å². The monoisotopic (exact) mass is 478 g/mol. The van der Waals surface area contributed by atoms with Gasteiger partial charge in [-0.25, -0.2) is 4.68 Å². The molecule has 1 aliphatic rings. The molecule has 1 heterocycles. The number of carbonyl (C=O) groups excluding carboxylic acids is 2. The molecule has 0 atom stereocenters. The van der Waals surface area contributed by atoms with Crippen LogP contribution in [0.2, 0.25) is 5.02 Å². The van der Waals surface area contributed by atoms with Gasteiger partial charge < -0.3 is 10.2 Å². The molecule has 0 aliphatic heterocycles. The minimum absolute atomic E-state index is 0.0435. The van der Waals surface area contributed by atoms with Crippen molar-refractivity contribution in [2.45, 2.75) is 45.4 Å². The lowest BCUT2D eigenvalue weighted by molar-refractivity contribution is -0.138. The SMILES string of the molecule is CCCCN(CC(=O)Nc1cc(-c2ccccc2)nn1-c1ccc(Cl)cc1)C(=O)C1CCCC1. The van der Waals surface area contributed by atoms with E-state index in [1.165, 1.54) is 0 Å². The maximum Gasteiger partial charge on any atom is 0.245 e. The number of hydrogen-bond acceptors (Lipinski definition) is 3. The first kappa shape index (κ1) is 24.0. The van der Waals surface area contributed by atoms with Crippen molar-refractivity contribution in [3.05, 3.63) is 65.7 Å². The molecule has 1 fully saturated rings. The van der Waals surface area contributed by atoms with Gasteiger partial charge >= 0.3 is 0 Å². The average molecular weight is 479 g/mol. The molecule has 0 bridgehead atoms. The highest BCUT2D eigenvalue weighted by molar-refractivity contribution is 6.30. The molecule has 6 nitrogen and oxygen atoms in total. The van der Waals surface area contributed by atoms with Gasteiger partial charge in [0.05, 0.1) is 17.9 Å². The molecule has 3 aromatic rings. The molecule has 0 spiro atoms. The third kappa shape index (κ3) is 5.86. The topological polar surface area (TPSA) is 67.2 Å². The number of amides is 2. The Hall–Kier alpha value is -3.12. The summed E-state index contributed by atoms with van der Waals surface area (Å²) < 4.78 is 1.70. The number of unbranched alkanes of at least 4 members (excludes halogenated alkanes) is 1. The Balaban J connectivity index is 1.57. The second-order valence-corrected chi connectivity index (χ2v) is 9.25. The zero-order valence-corrected chi connectivity index (χ0v) is 20.3. The maximum absolute atomic E-state index is 13.1. The van der Waals surface area contributed by atoms with Gasteiger partial charge in [0, 0.05) is 29.1 Å². The molecule has 178 valence electrons. The molecule has 1 saturated carbocycles. The first-order chi connectivity index (χ1) is 16.5. The number of benzene rings is 2. The fraction of sp³-hybridized carbons (Fsp3) is 0.370. The molecule has 7 heteroatoms. The smallest absolute Gasteiger partial charge is 0.245 e. The fourth-order valence-electron chi connectivity index (χ4n) is 4.40. The van der Waals surface area contributed by atoms with Crippen molar-refractivity contribution in [3.63, 3.8) is 0 Å². The van der Waals surface area contributed by atoms with Crippen molar-refractivity contribution in [2.24, 2.45) is 5.92 Å². The Morgan fingerprint density at radius 1 is 1.09 bits per heavy atom. The predicted octanol–water partition coefficient (Wildman–Crippen LogP) is 5.95. The summed E-state index contributed by atoms with van der Waals surface area (Å²) in [5, 5.41) is 8.37. The van der Waals surface area contributed by atoms with Crippen LogP contribution in [-0.2, 0) is 9.59 Å². The van der Waals surface area contributed by atoms with Crippen LogP contribution in [-0.4, -0.2) is 39.6 Å². The Morgan fingerprint density at radius 3 is 2.47 bits per heavy atom. The first-order valence-corrected chi connectivity index (χ1v) is 12.4. The molecular weight excluding hydrogens is 448 g/mol. The van der Waals surface area contributed by atoms with Crippen LogP contribution < -0.4 is 5.32 Å². The van der Waals surface area contributed by atoms with Crippen molar-refractivity contribution < 1.29 is 9.59 Å². The minimum atomic E-state index is -0.225. The van der Waals surface area contributed by atoms with Crippen LogP contribution in [0.4, 0.5) is 5.82 Å². The quantitative estimate of drug-likeness (QED) is 0.413. The standard InChI is InChI=1S/C27H31ClN4O2/c1-2-3-17-31(27(34)21-11-7-8-12-21)19-26(33)29-25-18-24(20-9-5-4-6-10-20)30-32(25)23-15-13-22(28)14-16-23/h4-6,9-10,13-16,18,21H,2-3,7-8,11-12,17,19H2,1H3,(H,29,33). The largest absolute Gasteiger partial charge is 0.333 e. The second kappa shape index (κ2) is 11.3. The van der Waals surface area contributed by atoms with E-state index in [0.29, 0.717) is 17.4 Å². The molecule has 0 radical (unpaired) electrons.